The van der Waals surface area contributed by atoms with Crippen molar-refractivity contribution in [3.05, 3.63) is 22.7 Å². The first-order valence-electron chi connectivity index (χ1n) is 3.48. The van der Waals surface area contributed by atoms with Crippen LogP contribution >= 0.6 is 0 Å². The minimum Gasteiger partial charge on any atom is -0.381 e. The van der Waals surface area contributed by atoms with E-state index in [1.807, 2.05) is 6.92 Å². The fourth-order valence-corrected chi connectivity index (χ4v) is 1.06. The molecule has 0 aromatic rings. The van der Waals surface area contributed by atoms with Gasteiger partial charge in [-0.25, -0.2) is 4.85 Å². The highest BCUT2D eigenvalue weighted by molar-refractivity contribution is 5.18. The molecular weight excluding hydrogens is 126 g/mol. The number of allylic oxidation sites excluding steroid dienone is 1. The Balaban J connectivity index is 2.62. The second kappa shape index (κ2) is 3.38. The van der Waals surface area contributed by atoms with Crippen molar-refractivity contribution in [2.75, 3.05) is 13.2 Å². The summed E-state index contributed by atoms with van der Waals surface area (Å²) in [5.41, 5.74) is 2.14. The maximum Gasteiger partial charge on any atom is 0.162 e. The smallest absolute Gasteiger partial charge is 0.162 e. The van der Waals surface area contributed by atoms with Gasteiger partial charge in [0.15, 0.2) is 5.70 Å². The zero-order chi connectivity index (χ0) is 7.40. The van der Waals surface area contributed by atoms with Crippen LogP contribution < -0.4 is 0 Å². The summed E-state index contributed by atoms with van der Waals surface area (Å²) < 4.78 is 5.16. The van der Waals surface area contributed by atoms with Gasteiger partial charge in [0.25, 0.3) is 0 Å². The van der Waals surface area contributed by atoms with Gasteiger partial charge in [-0.1, -0.05) is 5.57 Å². The zero-order valence-electron chi connectivity index (χ0n) is 6.18. The van der Waals surface area contributed by atoms with Crippen LogP contribution in [0.15, 0.2) is 11.3 Å². The van der Waals surface area contributed by atoms with Crippen LogP contribution in [-0.4, -0.2) is 13.2 Å². The lowest BCUT2D eigenvalue weighted by Crippen LogP contribution is -2.07. The summed E-state index contributed by atoms with van der Waals surface area (Å²) in [5, 5.41) is 0. The average molecular weight is 137 g/mol. The molecular formula is C8H11NO. The molecule has 0 saturated carbocycles. The Morgan fingerprint density at radius 3 is 2.60 bits per heavy atom. The molecule has 0 atom stereocenters. The minimum atomic E-state index is 0.794. The van der Waals surface area contributed by atoms with Crippen LogP contribution in [0.4, 0.5) is 0 Å². The highest BCUT2D eigenvalue weighted by Crippen LogP contribution is 2.17. The molecule has 1 fully saturated rings. The summed E-state index contributed by atoms with van der Waals surface area (Å²) in [6.45, 7) is 10.2. The summed E-state index contributed by atoms with van der Waals surface area (Å²) >= 11 is 0. The Labute approximate surface area is 61.3 Å². The van der Waals surface area contributed by atoms with Crippen LogP contribution in [0.3, 0.4) is 0 Å². The van der Waals surface area contributed by atoms with E-state index in [2.05, 4.69) is 4.85 Å². The average Bonchev–Trinajstić information content (AvgIpc) is 2.05. The van der Waals surface area contributed by atoms with Gasteiger partial charge in [-0.05, 0) is 19.8 Å². The van der Waals surface area contributed by atoms with Gasteiger partial charge in [-0.3, -0.25) is 0 Å². The second-order valence-corrected chi connectivity index (χ2v) is 2.41. The first-order valence-corrected chi connectivity index (χ1v) is 3.48. The Bertz CT molecular complexity index is 180. The van der Waals surface area contributed by atoms with Gasteiger partial charge < -0.3 is 4.74 Å². The number of hydrogen-bond donors (Lipinski definition) is 0. The molecule has 10 heavy (non-hydrogen) atoms. The molecule has 0 unspecified atom stereocenters. The molecule has 0 aromatic carbocycles. The highest BCUT2D eigenvalue weighted by atomic mass is 16.5. The van der Waals surface area contributed by atoms with E-state index in [9.17, 15) is 0 Å². The zero-order valence-corrected chi connectivity index (χ0v) is 6.18. The largest absolute Gasteiger partial charge is 0.381 e. The fourth-order valence-electron chi connectivity index (χ4n) is 1.06. The van der Waals surface area contributed by atoms with E-state index in [1.165, 1.54) is 5.57 Å². The van der Waals surface area contributed by atoms with Crippen LogP contribution in [0.2, 0.25) is 0 Å². The van der Waals surface area contributed by atoms with Gasteiger partial charge >= 0.3 is 0 Å². The van der Waals surface area contributed by atoms with Gasteiger partial charge in [0, 0.05) is 13.2 Å². The standard InChI is InChI=1S/C8H11NO/c1-7(9-2)8-3-5-10-6-4-8/h3-6H2,1H3. The molecule has 54 valence electrons. The van der Waals surface area contributed by atoms with Gasteiger partial charge in [0.1, 0.15) is 0 Å². The Hall–Kier alpha value is -0.810. The van der Waals surface area contributed by atoms with Crippen molar-refractivity contribution in [2.45, 2.75) is 19.8 Å². The number of ether oxygens (including phenoxy) is 1. The van der Waals surface area contributed by atoms with Crippen LogP contribution in [-0.2, 0) is 4.74 Å². The number of rotatable bonds is 0. The Morgan fingerprint density at radius 2 is 2.10 bits per heavy atom. The molecule has 1 heterocycles. The summed E-state index contributed by atoms with van der Waals surface area (Å²) in [6, 6.07) is 0. The third-order valence-corrected chi connectivity index (χ3v) is 1.78. The van der Waals surface area contributed by atoms with E-state index >= 15 is 0 Å². The quantitative estimate of drug-likeness (QED) is 0.465. The lowest BCUT2D eigenvalue weighted by atomic mass is 10.1. The van der Waals surface area contributed by atoms with Crippen molar-refractivity contribution in [1.82, 2.24) is 0 Å². The van der Waals surface area contributed by atoms with Crippen LogP contribution in [0.25, 0.3) is 4.85 Å². The molecule has 0 amide bonds. The SMILES string of the molecule is [C-]#[N+]C(C)=C1CCOCC1. The van der Waals surface area contributed by atoms with Crippen molar-refractivity contribution >= 4 is 0 Å². The van der Waals surface area contributed by atoms with Gasteiger partial charge in [-0.2, -0.15) is 0 Å². The third kappa shape index (κ3) is 1.58. The van der Waals surface area contributed by atoms with E-state index in [1.54, 1.807) is 0 Å². The van der Waals surface area contributed by atoms with Crippen LogP contribution in [0.1, 0.15) is 19.8 Å². The van der Waals surface area contributed by atoms with Crippen molar-refractivity contribution in [3.63, 3.8) is 0 Å². The van der Waals surface area contributed by atoms with Gasteiger partial charge in [-0.15, -0.1) is 0 Å². The lowest BCUT2D eigenvalue weighted by molar-refractivity contribution is 0.118. The summed E-state index contributed by atoms with van der Waals surface area (Å²) in [4.78, 5) is 3.39. The predicted molar refractivity (Wildman–Crippen MR) is 39.4 cm³/mol. The van der Waals surface area contributed by atoms with Crippen molar-refractivity contribution < 1.29 is 4.74 Å². The molecule has 2 nitrogen and oxygen atoms in total. The molecule has 1 aliphatic heterocycles. The van der Waals surface area contributed by atoms with Crippen LogP contribution in [0.5, 0.6) is 0 Å². The predicted octanol–water partition coefficient (Wildman–Crippen LogP) is 1.99. The molecule has 1 aliphatic rings. The highest BCUT2D eigenvalue weighted by Gasteiger charge is 2.07. The first kappa shape index (κ1) is 7.30. The molecule has 0 radical (unpaired) electrons. The number of hydrogen-bond acceptors (Lipinski definition) is 1. The van der Waals surface area contributed by atoms with E-state index in [-0.39, 0.29) is 0 Å². The monoisotopic (exact) mass is 137 g/mol. The molecule has 0 N–H and O–H groups in total. The van der Waals surface area contributed by atoms with E-state index in [0.29, 0.717) is 0 Å². The lowest BCUT2D eigenvalue weighted by Gasteiger charge is -2.14. The van der Waals surface area contributed by atoms with E-state index in [0.717, 1.165) is 31.8 Å². The molecule has 1 rings (SSSR count). The van der Waals surface area contributed by atoms with Crippen LogP contribution in [0, 0.1) is 6.57 Å². The Kier molecular flexibility index (Phi) is 2.47. The van der Waals surface area contributed by atoms with E-state index < -0.39 is 0 Å². The van der Waals surface area contributed by atoms with Crippen molar-refractivity contribution in [3.8, 4) is 0 Å². The third-order valence-electron chi connectivity index (χ3n) is 1.78. The Morgan fingerprint density at radius 1 is 1.50 bits per heavy atom. The maximum absolute atomic E-state index is 6.77. The maximum atomic E-state index is 6.77. The van der Waals surface area contributed by atoms with E-state index in [4.69, 9.17) is 11.3 Å². The summed E-state index contributed by atoms with van der Waals surface area (Å²) in [7, 11) is 0. The van der Waals surface area contributed by atoms with Crippen molar-refractivity contribution in [2.24, 2.45) is 0 Å². The fraction of sp³-hybridized carbons (Fsp3) is 0.625. The topological polar surface area (TPSA) is 13.6 Å². The van der Waals surface area contributed by atoms with Gasteiger partial charge in [0.2, 0.25) is 0 Å². The molecule has 1 saturated heterocycles. The van der Waals surface area contributed by atoms with Crippen molar-refractivity contribution in [1.29, 1.82) is 0 Å². The second-order valence-electron chi connectivity index (χ2n) is 2.41. The molecule has 0 spiro atoms. The molecule has 2 heteroatoms. The summed E-state index contributed by atoms with van der Waals surface area (Å²) in [5.74, 6) is 0. The first-order chi connectivity index (χ1) is 4.84. The molecule has 0 bridgehead atoms. The normalized spacial score (nSPS) is 18.2. The minimum absolute atomic E-state index is 0.794. The van der Waals surface area contributed by atoms with Gasteiger partial charge in [0.05, 0.1) is 6.57 Å². The molecule has 0 aromatic heterocycles. The number of nitrogens with zero attached hydrogens (tertiary/aromatic N) is 1. The summed E-state index contributed by atoms with van der Waals surface area (Å²) in [6.07, 6.45) is 1.91. The molecule has 0 aliphatic carbocycles.